The zero-order valence-electron chi connectivity index (χ0n) is 22.6. The maximum Gasteiger partial charge on any atom is 0.241 e. The number of nitrogens with one attached hydrogen (secondary N) is 1. The zero-order valence-corrected chi connectivity index (χ0v) is 23.4. The summed E-state index contributed by atoms with van der Waals surface area (Å²) in [4.78, 5) is 27.6. The Morgan fingerprint density at radius 1 is 1.05 bits per heavy atom. The molecule has 1 amide bonds. The number of pyridine rings is 1. The van der Waals surface area contributed by atoms with Gasteiger partial charge in [-0.05, 0) is 59.7 Å². The number of benzene rings is 2. The molecule has 2 aromatic carbocycles. The van der Waals surface area contributed by atoms with E-state index in [2.05, 4.69) is 50.1 Å². The van der Waals surface area contributed by atoms with E-state index >= 15 is 0 Å². The van der Waals surface area contributed by atoms with Gasteiger partial charge in [-0.2, -0.15) is 0 Å². The molecule has 206 valence electrons. The summed E-state index contributed by atoms with van der Waals surface area (Å²) in [5, 5.41) is 4.30. The molecule has 7 nitrogen and oxygen atoms in total. The van der Waals surface area contributed by atoms with Gasteiger partial charge in [0.25, 0.3) is 0 Å². The van der Waals surface area contributed by atoms with Crippen LogP contribution in [0.5, 0.6) is 0 Å². The van der Waals surface area contributed by atoms with Gasteiger partial charge in [0.15, 0.2) is 0 Å². The summed E-state index contributed by atoms with van der Waals surface area (Å²) in [6.45, 7) is 4.30. The maximum atomic E-state index is 14.1. The van der Waals surface area contributed by atoms with Gasteiger partial charge in [0.1, 0.15) is 0 Å². The number of imidazole rings is 1. The molecule has 0 spiro atoms. The van der Waals surface area contributed by atoms with Crippen molar-refractivity contribution in [3.8, 4) is 0 Å². The van der Waals surface area contributed by atoms with Crippen molar-refractivity contribution < 1.29 is 4.79 Å². The molecule has 0 radical (unpaired) electrons. The second-order valence-electron chi connectivity index (χ2n) is 10.7. The minimum absolute atomic E-state index is 0.00724. The molecule has 0 bridgehead atoms. The topological polar surface area (TPSA) is 66.3 Å². The number of amides is 1. The van der Waals surface area contributed by atoms with Crippen LogP contribution in [-0.2, 0) is 30.7 Å². The van der Waals surface area contributed by atoms with E-state index in [0.717, 1.165) is 55.2 Å². The second kappa shape index (κ2) is 12.3. The van der Waals surface area contributed by atoms with Gasteiger partial charge in [-0.25, -0.2) is 4.98 Å². The Kier molecular flexibility index (Phi) is 8.23. The molecule has 40 heavy (non-hydrogen) atoms. The first kappa shape index (κ1) is 26.7. The van der Waals surface area contributed by atoms with E-state index < -0.39 is 0 Å². The largest absolute Gasteiger partial charge is 0.337 e. The Morgan fingerprint density at radius 3 is 2.77 bits per heavy atom. The van der Waals surface area contributed by atoms with Crippen LogP contribution in [0.3, 0.4) is 0 Å². The van der Waals surface area contributed by atoms with E-state index in [9.17, 15) is 4.79 Å². The van der Waals surface area contributed by atoms with Gasteiger partial charge in [0.2, 0.25) is 5.91 Å². The highest BCUT2D eigenvalue weighted by molar-refractivity contribution is 6.30. The molecule has 0 saturated carbocycles. The summed E-state index contributed by atoms with van der Waals surface area (Å²) in [6, 6.07) is 20.4. The lowest BCUT2D eigenvalue weighted by Crippen LogP contribution is -2.58. The lowest BCUT2D eigenvalue weighted by Gasteiger charge is -2.40. The monoisotopic (exact) mass is 554 g/mol. The predicted molar refractivity (Wildman–Crippen MR) is 157 cm³/mol. The number of rotatable bonds is 8. The highest BCUT2D eigenvalue weighted by atomic mass is 35.5. The van der Waals surface area contributed by atoms with Gasteiger partial charge in [0.05, 0.1) is 24.1 Å². The Hall–Kier alpha value is -3.52. The zero-order chi connectivity index (χ0) is 27.3. The van der Waals surface area contributed by atoms with Gasteiger partial charge >= 0.3 is 0 Å². The standard InChI is InChI=1S/C32H35ClN6O/c33-27-11-12-28-26(20-27)10-9-25-8-4-13-36-30(25)31(28)38-19-15-35-29(22-38)32(40)39(21-24-6-2-1-3-7-24)17-5-16-37-18-14-34-23-37/h1-4,6-8,11-14,18,20,23,29,31,35H,5,9-10,15-17,19,21-22H2/t29-,31-/m1/s1. The normalized spacial score (nSPS) is 18.9. The van der Waals surface area contributed by atoms with Gasteiger partial charge in [0, 0.05) is 62.9 Å². The first-order chi connectivity index (χ1) is 19.7. The van der Waals surface area contributed by atoms with Crippen molar-refractivity contribution in [2.45, 2.75) is 44.4 Å². The van der Waals surface area contributed by atoms with Crippen LogP contribution in [0.25, 0.3) is 0 Å². The fourth-order valence-corrected chi connectivity index (χ4v) is 6.27. The van der Waals surface area contributed by atoms with Crippen molar-refractivity contribution in [1.82, 2.24) is 29.7 Å². The van der Waals surface area contributed by atoms with Crippen molar-refractivity contribution in [1.29, 1.82) is 0 Å². The first-order valence-electron chi connectivity index (χ1n) is 14.1. The summed E-state index contributed by atoms with van der Waals surface area (Å²) >= 11 is 6.42. The molecule has 2 atom stereocenters. The van der Waals surface area contributed by atoms with E-state index in [1.807, 2.05) is 54.0 Å². The number of aryl methyl sites for hydroxylation is 3. The molecule has 1 fully saturated rings. The van der Waals surface area contributed by atoms with Gasteiger partial charge < -0.3 is 14.8 Å². The lowest BCUT2D eigenvalue weighted by atomic mass is 9.95. The fourth-order valence-electron chi connectivity index (χ4n) is 6.08. The average molecular weight is 555 g/mol. The molecule has 1 aliphatic carbocycles. The Morgan fingerprint density at radius 2 is 1.93 bits per heavy atom. The smallest absolute Gasteiger partial charge is 0.241 e. The molecular formula is C32H35ClN6O. The molecule has 1 N–H and O–H groups in total. The molecule has 0 unspecified atom stereocenters. The van der Waals surface area contributed by atoms with Crippen LogP contribution in [0.2, 0.25) is 5.02 Å². The molecular weight excluding hydrogens is 520 g/mol. The highest BCUT2D eigenvalue weighted by Gasteiger charge is 2.36. The third-order valence-corrected chi connectivity index (χ3v) is 8.29. The van der Waals surface area contributed by atoms with E-state index in [1.54, 1.807) is 6.20 Å². The minimum Gasteiger partial charge on any atom is -0.337 e. The molecule has 8 heteroatoms. The van der Waals surface area contributed by atoms with E-state index in [4.69, 9.17) is 16.6 Å². The number of hydrogen-bond acceptors (Lipinski definition) is 5. The first-order valence-corrected chi connectivity index (χ1v) is 14.5. The predicted octanol–water partition coefficient (Wildman–Crippen LogP) is 4.51. The molecule has 6 rings (SSSR count). The maximum absolute atomic E-state index is 14.1. The van der Waals surface area contributed by atoms with Crippen molar-refractivity contribution >= 4 is 17.5 Å². The molecule has 1 aliphatic heterocycles. The van der Waals surface area contributed by atoms with Crippen LogP contribution in [-0.4, -0.2) is 62.5 Å². The molecule has 2 aromatic heterocycles. The molecule has 3 heterocycles. The lowest BCUT2D eigenvalue weighted by molar-refractivity contribution is -0.135. The van der Waals surface area contributed by atoms with Crippen molar-refractivity contribution in [2.24, 2.45) is 0 Å². The molecule has 4 aromatic rings. The molecule has 2 aliphatic rings. The second-order valence-corrected chi connectivity index (χ2v) is 11.1. The third-order valence-electron chi connectivity index (χ3n) is 8.05. The van der Waals surface area contributed by atoms with Crippen LogP contribution in [0.15, 0.2) is 85.6 Å². The van der Waals surface area contributed by atoms with Gasteiger partial charge in [-0.15, -0.1) is 0 Å². The van der Waals surface area contributed by atoms with E-state index in [0.29, 0.717) is 19.6 Å². The summed E-state index contributed by atoms with van der Waals surface area (Å²) in [7, 11) is 0. The van der Waals surface area contributed by atoms with Crippen molar-refractivity contribution in [3.05, 3.63) is 119 Å². The Balaban J connectivity index is 1.24. The average Bonchev–Trinajstić information content (AvgIpc) is 3.45. The van der Waals surface area contributed by atoms with Crippen LogP contribution in [0.4, 0.5) is 0 Å². The van der Waals surface area contributed by atoms with Crippen LogP contribution >= 0.6 is 11.6 Å². The van der Waals surface area contributed by atoms with E-state index in [-0.39, 0.29) is 18.0 Å². The Labute approximate surface area is 240 Å². The number of halogens is 1. The van der Waals surface area contributed by atoms with Gasteiger partial charge in [-0.1, -0.05) is 54.1 Å². The van der Waals surface area contributed by atoms with E-state index in [1.165, 1.54) is 16.7 Å². The molecule has 1 saturated heterocycles. The number of aromatic nitrogens is 3. The quantitative estimate of drug-likeness (QED) is 0.347. The number of carbonyl (C=O) groups is 1. The number of piperazine rings is 1. The van der Waals surface area contributed by atoms with Crippen LogP contribution < -0.4 is 5.32 Å². The SMILES string of the molecule is O=C([C@H]1CN([C@@H]2c3ccc(Cl)cc3CCc3cccnc32)CCN1)N(CCCn1ccnc1)Cc1ccccc1. The number of carbonyl (C=O) groups excluding carboxylic acids is 1. The third kappa shape index (κ3) is 5.97. The van der Waals surface area contributed by atoms with Crippen LogP contribution in [0.1, 0.15) is 40.4 Å². The summed E-state index contributed by atoms with van der Waals surface area (Å²) in [6.07, 6.45) is 10.2. The van der Waals surface area contributed by atoms with Crippen molar-refractivity contribution in [2.75, 3.05) is 26.2 Å². The minimum atomic E-state index is -0.295. The highest BCUT2D eigenvalue weighted by Crippen LogP contribution is 2.37. The van der Waals surface area contributed by atoms with Crippen molar-refractivity contribution in [3.63, 3.8) is 0 Å². The summed E-state index contributed by atoms with van der Waals surface area (Å²) in [5.41, 5.74) is 6.02. The number of nitrogens with zero attached hydrogens (tertiary/aromatic N) is 5. The number of fused-ring (bicyclic) bond motifs is 2. The summed E-state index contributed by atoms with van der Waals surface area (Å²) < 4.78 is 2.06. The summed E-state index contributed by atoms with van der Waals surface area (Å²) in [5.74, 6) is 0.144. The van der Waals surface area contributed by atoms with Crippen LogP contribution in [0, 0.1) is 0 Å². The fraction of sp³-hybridized carbons (Fsp3) is 0.344. The number of hydrogen-bond donors (Lipinski definition) is 1. The Bertz CT molecular complexity index is 1430. The van der Waals surface area contributed by atoms with Gasteiger partial charge in [-0.3, -0.25) is 14.7 Å².